The van der Waals surface area contributed by atoms with Gasteiger partial charge in [0, 0.05) is 31.3 Å². The molecule has 0 saturated heterocycles. The molecule has 0 unspecified atom stereocenters. The summed E-state index contributed by atoms with van der Waals surface area (Å²) in [4.78, 5) is 25.4. The standard InChI is InChI=1S/C16H26N4O2/c1-6-20(7-2)15(22)11-10-14(21)17-13-9-8-12(18-19-13)16(3,4)5/h8-9H,6-7,10-11H2,1-5H3,(H,17,19,21). The summed E-state index contributed by atoms with van der Waals surface area (Å²) in [5, 5.41) is 10.8. The van der Waals surface area contributed by atoms with E-state index in [0.29, 0.717) is 18.9 Å². The van der Waals surface area contributed by atoms with Crippen LogP contribution in [0.2, 0.25) is 0 Å². The van der Waals surface area contributed by atoms with Crippen molar-refractivity contribution in [2.45, 2.75) is 52.9 Å². The fourth-order valence-electron chi connectivity index (χ4n) is 1.96. The summed E-state index contributed by atoms with van der Waals surface area (Å²) in [7, 11) is 0. The smallest absolute Gasteiger partial charge is 0.226 e. The molecule has 0 bridgehead atoms. The Balaban J connectivity index is 2.50. The molecule has 0 aliphatic carbocycles. The predicted octanol–water partition coefficient (Wildman–Crippen LogP) is 2.36. The number of carbonyl (C=O) groups is 2. The maximum atomic E-state index is 11.8. The van der Waals surface area contributed by atoms with E-state index < -0.39 is 0 Å². The lowest BCUT2D eigenvalue weighted by molar-refractivity contribution is -0.132. The third kappa shape index (κ3) is 5.42. The van der Waals surface area contributed by atoms with Crippen LogP contribution < -0.4 is 5.32 Å². The van der Waals surface area contributed by atoms with Crippen LogP contribution in [-0.4, -0.2) is 40.0 Å². The van der Waals surface area contributed by atoms with Gasteiger partial charge in [0.15, 0.2) is 5.82 Å². The highest BCUT2D eigenvalue weighted by atomic mass is 16.2. The summed E-state index contributed by atoms with van der Waals surface area (Å²) >= 11 is 0. The van der Waals surface area contributed by atoms with Crippen molar-refractivity contribution < 1.29 is 9.59 Å². The second-order valence-corrected chi connectivity index (χ2v) is 6.17. The molecule has 0 aromatic carbocycles. The largest absolute Gasteiger partial charge is 0.343 e. The molecule has 0 aliphatic heterocycles. The van der Waals surface area contributed by atoms with E-state index in [-0.39, 0.29) is 30.1 Å². The van der Waals surface area contributed by atoms with E-state index in [0.717, 1.165) is 5.69 Å². The summed E-state index contributed by atoms with van der Waals surface area (Å²) in [6.07, 6.45) is 0.360. The molecule has 0 saturated carbocycles. The Kier molecular flexibility index (Phi) is 6.46. The van der Waals surface area contributed by atoms with Gasteiger partial charge in [-0.2, -0.15) is 5.10 Å². The average molecular weight is 306 g/mol. The minimum absolute atomic E-state index is 0.00526. The normalized spacial score (nSPS) is 11.1. The first-order chi connectivity index (χ1) is 10.3. The lowest BCUT2D eigenvalue weighted by Gasteiger charge is -2.18. The molecule has 2 amide bonds. The molecule has 1 rings (SSSR count). The summed E-state index contributed by atoms with van der Waals surface area (Å²) < 4.78 is 0. The van der Waals surface area contributed by atoms with Crippen molar-refractivity contribution in [2.24, 2.45) is 0 Å². The second-order valence-electron chi connectivity index (χ2n) is 6.17. The predicted molar refractivity (Wildman–Crippen MR) is 86.5 cm³/mol. The van der Waals surface area contributed by atoms with E-state index in [9.17, 15) is 9.59 Å². The lowest BCUT2D eigenvalue weighted by Crippen LogP contribution is -2.31. The van der Waals surface area contributed by atoms with Gasteiger partial charge in [-0.25, -0.2) is 0 Å². The molecule has 0 fully saturated rings. The van der Waals surface area contributed by atoms with Crippen molar-refractivity contribution in [3.05, 3.63) is 17.8 Å². The number of amides is 2. The first-order valence-corrected chi connectivity index (χ1v) is 7.69. The number of carbonyl (C=O) groups excluding carboxylic acids is 2. The summed E-state index contributed by atoms with van der Waals surface area (Å²) in [5.41, 5.74) is 0.786. The van der Waals surface area contributed by atoms with Crippen molar-refractivity contribution in [2.75, 3.05) is 18.4 Å². The molecule has 1 heterocycles. The molecule has 122 valence electrons. The topological polar surface area (TPSA) is 75.2 Å². The van der Waals surface area contributed by atoms with E-state index >= 15 is 0 Å². The van der Waals surface area contributed by atoms with Gasteiger partial charge in [-0.05, 0) is 26.0 Å². The van der Waals surface area contributed by atoms with Gasteiger partial charge in [0.1, 0.15) is 0 Å². The number of anilines is 1. The van der Waals surface area contributed by atoms with Crippen LogP contribution in [0.4, 0.5) is 5.82 Å². The summed E-state index contributed by atoms with van der Waals surface area (Å²) in [6.45, 7) is 11.3. The first kappa shape index (κ1) is 18.1. The average Bonchev–Trinajstić information content (AvgIpc) is 2.46. The SMILES string of the molecule is CCN(CC)C(=O)CCC(=O)Nc1ccc(C(C)(C)C)nn1. The van der Waals surface area contributed by atoms with Crippen molar-refractivity contribution >= 4 is 17.6 Å². The molecule has 6 heteroatoms. The summed E-state index contributed by atoms with van der Waals surface area (Å²) in [6, 6.07) is 3.58. The van der Waals surface area contributed by atoms with Crippen LogP contribution in [0.5, 0.6) is 0 Å². The number of nitrogens with one attached hydrogen (secondary N) is 1. The zero-order valence-electron chi connectivity index (χ0n) is 14.1. The third-order valence-corrected chi connectivity index (χ3v) is 3.38. The van der Waals surface area contributed by atoms with Gasteiger partial charge in [0.05, 0.1) is 5.69 Å². The van der Waals surface area contributed by atoms with Crippen molar-refractivity contribution in [1.29, 1.82) is 0 Å². The minimum atomic E-state index is -0.224. The van der Waals surface area contributed by atoms with Crippen LogP contribution in [0.3, 0.4) is 0 Å². The Labute approximate surface area is 132 Å². The Morgan fingerprint density at radius 1 is 1.09 bits per heavy atom. The van der Waals surface area contributed by atoms with Crippen LogP contribution in [0.1, 0.15) is 53.2 Å². The molecule has 0 atom stereocenters. The van der Waals surface area contributed by atoms with E-state index in [1.54, 1.807) is 11.0 Å². The van der Waals surface area contributed by atoms with Crippen LogP contribution in [0, 0.1) is 0 Å². The molecule has 0 spiro atoms. The summed E-state index contributed by atoms with van der Waals surface area (Å²) in [5.74, 6) is 0.181. The van der Waals surface area contributed by atoms with E-state index in [4.69, 9.17) is 0 Å². The number of hydrogen-bond donors (Lipinski definition) is 1. The molecule has 1 aromatic rings. The number of nitrogens with zero attached hydrogens (tertiary/aromatic N) is 3. The zero-order chi connectivity index (χ0) is 16.8. The first-order valence-electron chi connectivity index (χ1n) is 7.69. The molecule has 0 aliphatic rings. The highest BCUT2D eigenvalue weighted by Gasteiger charge is 2.16. The van der Waals surface area contributed by atoms with Gasteiger partial charge < -0.3 is 10.2 Å². The maximum absolute atomic E-state index is 11.8. The minimum Gasteiger partial charge on any atom is -0.343 e. The van der Waals surface area contributed by atoms with Gasteiger partial charge in [0.25, 0.3) is 0 Å². The maximum Gasteiger partial charge on any atom is 0.226 e. The lowest BCUT2D eigenvalue weighted by atomic mass is 9.92. The fourth-order valence-corrected chi connectivity index (χ4v) is 1.96. The van der Waals surface area contributed by atoms with Gasteiger partial charge in [-0.3, -0.25) is 9.59 Å². The van der Waals surface area contributed by atoms with Gasteiger partial charge in [0.2, 0.25) is 11.8 Å². The quantitative estimate of drug-likeness (QED) is 0.875. The highest BCUT2D eigenvalue weighted by Crippen LogP contribution is 2.19. The Hall–Kier alpha value is -1.98. The Bertz CT molecular complexity index is 502. The Morgan fingerprint density at radius 3 is 2.18 bits per heavy atom. The van der Waals surface area contributed by atoms with Gasteiger partial charge in [-0.15, -0.1) is 5.10 Å². The molecular weight excluding hydrogens is 280 g/mol. The van der Waals surface area contributed by atoms with Crippen molar-refractivity contribution in [3.63, 3.8) is 0 Å². The Morgan fingerprint density at radius 2 is 1.73 bits per heavy atom. The fraction of sp³-hybridized carbons (Fsp3) is 0.625. The molecule has 6 nitrogen and oxygen atoms in total. The van der Waals surface area contributed by atoms with E-state index in [1.807, 2.05) is 40.7 Å². The van der Waals surface area contributed by atoms with Crippen LogP contribution in [0.15, 0.2) is 12.1 Å². The molecule has 1 aromatic heterocycles. The van der Waals surface area contributed by atoms with Gasteiger partial charge in [-0.1, -0.05) is 20.8 Å². The molecule has 1 N–H and O–H groups in total. The van der Waals surface area contributed by atoms with Crippen molar-refractivity contribution in [3.8, 4) is 0 Å². The van der Waals surface area contributed by atoms with Crippen molar-refractivity contribution in [1.82, 2.24) is 15.1 Å². The number of hydrogen-bond acceptors (Lipinski definition) is 4. The molecule has 0 radical (unpaired) electrons. The van der Waals surface area contributed by atoms with E-state index in [2.05, 4.69) is 15.5 Å². The number of rotatable bonds is 6. The monoisotopic (exact) mass is 306 g/mol. The molecule has 22 heavy (non-hydrogen) atoms. The molecular formula is C16H26N4O2. The third-order valence-electron chi connectivity index (χ3n) is 3.38. The highest BCUT2D eigenvalue weighted by molar-refractivity contribution is 5.92. The zero-order valence-corrected chi connectivity index (χ0v) is 14.1. The van der Waals surface area contributed by atoms with E-state index in [1.165, 1.54) is 0 Å². The van der Waals surface area contributed by atoms with Gasteiger partial charge >= 0.3 is 0 Å². The number of aromatic nitrogens is 2. The van der Waals surface area contributed by atoms with Crippen LogP contribution in [0.25, 0.3) is 0 Å². The second kappa shape index (κ2) is 7.87. The van der Waals surface area contributed by atoms with Crippen LogP contribution in [-0.2, 0) is 15.0 Å². The van der Waals surface area contributed by atoms with Crippen LogP contribution >= 0.6 is 0 Å².